The molecule has 35 heavy (non-hydrogen) atoms. The number of nitrogens with zero attached hydrogens (tertiary/aromatic N) is 4. The summed E-state index contributed by atoms with van der Waals surface area (Å²) in [6, 6.07) is 1.35. The van der Waals surface area contributed by atoms with Gasteiger partial charge in [-0.1, -0.05) is 6.07 Å². The molecule has 0 unspecified atom stereocenters. The second kappa shape index (κ2) is 10.4. The second-order valence-corrected chi connectivity index (χ2v) is 11.4. The van der Waals surface area contributed by atoms with Crippen molar-refractivity contribution in [3.63, 3.8) is 0 Å². The number of carbonyl (C=O) groups is 1. The Kier molecular flexibility index (Phi) is 7.88. The summed E-state index contributed by atoms with van der Waals surface area (Å²) < 4.78 is 32.7. The van der Waals surface area contributed by atoms with E-state index in [-0.39, 0.29) is 35.6 Å². The predicted octanol–water partition coefficient (Wildman–Crippen LogP) is 2.02. The summed E-state index contributed by atoms with van der Waals surface area (Å²) in [5, 5.41) is 7.21. The van der Waals surface area contributed by atoms with Crippen LogP contribution in [0.4, 0.5) is 16.2 Å². The van der Waals surface area contributed by atoms with Crippen LogP contribution < -0.4 is 14.3 Å². The van der Waals surface area contributed by atoms with E-state index in [4.69, 9.17) is 0 Å². The number of piperidine rings is 1. The van der Waals surface area contributed by atoms with E-state index in [1.54, 1.807) is 17.9 Å². The van der Waals surface area contributed by atoms with E-state index in [9.17, 15) is 13.2 Å². The van der Waals surface area contributed by atoms with E-state index in [0.29, 0.717) is 18.5 Å². The summed E-state index contributed by atoms with van der Waals surface area (Å²) in [4.78, 5) is 15.3. The van der Waals surface area contributed by atoms with Gasteiger partial charge in [0.1, 0.15) is 0 Å². The summed E-state index contributed by atoms with van der Waals surface area (Å²) in [5.74, 6) is 0. The quantitative estimate of drug-likeness (QED) is 0.600. The first kappa shape index (κ1) is 26.5. The maximum absolute atomic E-state index is 13.6. The number of rotatable bonds is 5. The first-order valence-electron chi connectivity index (χ1n) is 12.2. The normalized spacial score (nSPS) is 18.0. The summed E-state index contributed by atoms with van der Waals surface area (Å²) in [6.07, 6.45) is 8.95. The van der Waals surface area contributed by atoms with Crippen molar-refractivity contribution >= 4 is 57.2 Å². The van der Waals surface area contributed by atoms with E-state index in [1.165, 1.54) is 26.6 Å². The Morgan fingerprint density at radius 1 is 1.06 bits per heavy atom. The zero-order valence-corrected chi connectivity index (χ0v) is 21.0. The first-order valence-corrected chi connectivity index (χ1v) is 13.7. The molecule has 2 heterocycles. The molecule has 3 aliphatic rings. The fourth-order valence-electron chi connectivity index (χ4n) is 5.73. The number of amides is 2. The summed E-state index contributed by atoms with van der Waals surface area (Å²) in [7, 11) is -0.328. The van der Waals surface area contributed by atoms with Gasteiger partial charge in [-0.2, -0.15) is 13.5 Å². The van der Waals surface area contributed by atoms with Crippen molar-refractivity contribution in [1.29, 1.82) is 0 Å². The van der Waals surface area contributed by atoms with Gasteiger partial charge in [-0.3, -0.25) is 4.68 Å². The van der Waals surface area contributed by atoms with Gasteiger partial charge < -0.3 is 10.2 Å². The van der Waals surface area contributed by atoms with Crippen LogP contribution in [-0.2, 0) is 42.9 Å². The number of hydrogen-bond donors (Lipinski definition) is 2. The van der Waals surface area contributed by atoms with Gasteiger partial charge >= 0.3 is 45.8 Å². The molecule has 5 rings (SSSR count). The van der Waals surface area contributed by atoms with Crippen molar-refractivity contribution in [2.75, 3.05) is 29.8 Å². The molecule has 2 aliphatic carbocycles. The number of aromatic nitrogens is 2. The van der Waals surface area contributed by atoms with Gasteiger partial charge in [0.2, 0.25) is 0 Å². The van der Waals surface area contributed by atoms with Gasteiger partial charge in [0.15, 0.2) is 0 Å². The number of hydrogen-bond acceptors (Lipinski definition) is 5. The van der Waals surface area contributed by atoms with Gasteiger partial charge in [-0.25, -0.2) is 13.8 Å². The van der Waals surface area contributed by atoms with Crippen LogP contribution in [0.3, 0.4) is 0 Å². The standard InChI is InChI=1S/C24H34N6O3S.Na.H/c1-16-22(15-25-29(16)3)30(19-10-12-28(2)13-11-19)34(32,33)27-24(31)26-23-20-8-4-6-17(20)14-18-7-5-9-21(18)23;;/h14-15,19H,4-13H2,1-3H3,(H2,26,27,31);;. The number of fused-ring (bicyclic) bond motifs is 2. The average molecular weight is 511 g/mol. The Labute approximate surface area is 230 Å². The Morgan fingerprint density at radius 2 is 1.66 bits per heavy atom. The number of benzene rings is 1. The van der Waals surface area contributed by atoms with E-state index >= 15 is 0 Å². The van der Waals surface area contributed by atoms with Crippen LogP contribution in [0, 0.1) is 6.92 Å². The molecule has 0 radical (unpaired) electrons. The van der Waals surface area contributed by atoms with Crippen molar-refractivity contribution in [3.8, 4) is 0 Å². The Balaban J connectivity index is 0.00000289. The molecule has 1 fully saturated rings. The van der Waals surface area contributed by atoms with Gasteiger partial charge in [-0.05, 0) is 101 Å². The van der Waals surface area contributed by atoms with Crippen LogP contribution in [0.15, 0.2) is 12.3 Å². The predicted molar refractivity (Wildman–Crippen MR) is 140 cm³/mol. The fourth-order valence-corrected chi connectivity index (χ4v) is 7.15. The SMILES string of the molecule is Cc1c(N(C2CCN(C)CC2)S(=O)(=O)NC(=O)Nc2c3c(cc4c2CCC4)CCC3)cnn1C.[NaH]. The van der Waals surface area contributed by atoms with Crippen molar-refractivity contribution in [2.24, 2.45) is 7.05 Å². The van der Waals surface area contributed by atoms with E-state index < -0.39 is 16.2 Å². The van der Waals surface area contributed by atoms with Crippen LogP contribution >= 0.6 is 0 Å². The number of likely N-dealkylation sites (tertiary alicyclic amines) is 1. The number of urea groups is 1. The molecule has 2 amide bonds. The number of carbonyl (C=O) groups excluding carboxylic acids is 1. The van der Waals surface area contributed by atoms with Gasteiger partial charge in [-0.15, -0.1) is 0 Å². The van der Waals surface area contributed by atoms with Gasteiger partial charge in [0.25, 0.3) is 0 Å². The molecule has 0 spiro atoms. The molecule has 1 aliphatic heterocycles. The molecule has 2 aromatic rings. The minimum atomic E-state index is -4.15. The van der Waals surface area contributed by atoms with Crippen LogP contribution in [0.1, 0.15) is 53.6 Å². The van der Waals surface area contributed by atoms with Crippen LogP contribution in [-0.4, -0.2) is 84.9 Å². The van der Waals surface area contributed by atoms with Crippen molar-refractivity contribution in [3.05, 3.63) is 40.2 Å². The molecule has 2 N–H and O–H groups in total. The Bertz CT molecular complexity index is 1190. The molecule has 11 heteroatoms. The van der Waals surface area contributed by atoms with E-state index in [1.807, 2.05) is 14.0 Å². The third kappa shape index (κ3) is 5.13. The van der Waals surface area contributed by atoms with Crippen LogP contribution in [0.5, 0.6) is 0 Å². The maximum atomic E-state index is 13.6. The van der Waals surface area contributed by atoms with E-state index in [0.717, 1.165) is 63.0 Å². The fraction of sp³-hybridized carbons (Fsp3) is 0.583. The molecule has 1 aromatic carbocycles. The molecular weight excluding hydrogens is 475 g/mol. The molecule has 1 aromatic heterocycles. The average Bonchev–Trinajstić information content (AvgIpc) is 3.51. The number of nitrogens with one attached hydrogen (secondary N) is 2. The molecule has 186 valence electrons. The Hall–Kier alpha value is -1.59. The third-order valence-electron chi connectivity index (χ3n) is 7.66. The molecule has 0 atom stereocenters. The van der Waals surface area contributed by atoms with Crippen molar-refractivity contribution in [1.82, 2.24) is 19.4 Å². The number of aryl methyl sites for hydroxylation is 3. The minimum absolute atomic E-state index is 0. The van der Waals surface area contributed by atoms with Crippen molar-refractivity contribution < 1.29 is 13.2 Å². The molecule has 1 saturated heterocycles. The summed E-state index contributed by atoms with van der Waals surface area (Å²) in [5.41, 5.74) is 7.00. The van der Waals surface area contributed by atoms with E-state index in [2.05, 4.69) is 26.1 Å². The first-order chi connectivity index (χ1) is 16.2. The second-order valence-electron chi connectivity index (χ2n) is 9.86. The summed E-state index contributed by atoms with van der Waals surface area (Å²) in [6.45, 7) is 3.44. The summed E-state index contributed by atoms with van der Waals surface area (Å²) >= 11 is 0. The third-order valence-corrected chi connectivity index (χ3v) is 9.11. The topological polar surface area (TPSA) is 99.6 Å². The molecule has 0 bridgehead atoms. The van der Waals surface area contributed by atoms with Crippen LogP contribution in [0.2, 0.25) is 0 Å². The van der Waals surface area contributed by atoms with Gasteiger partial charge in [0.05, 0.1) is 17.6 Å². The van der Waals surface area contributed by atoms with Gasteiger partial charge in [0, 0.05) is 18.8 Å². The molecule has 9 nitrogen and oxygen atoms in total. The zero-order chi connectivity index (χ0) is 24.0. The number of anilines is 2. The Morgan fingerprint density at radius 3 is 2.20 bits per heavy atom. The molecule has 0 saturated carbocycles. The van der Waals surface area contributed by atoms with Crippen molar-refractivity contribution in [2.45, 2.75) is 64.3 Å². The zero-order valence-electron chi connectivity index (χ0n) is 20.2. The monoisotopic (exact) mass is 510 g/mol. The van der Waals surface area contributed by atoms with Crippen LogP contribution in [0.25, 0.3) is 0 Å². The molecular formula is C24H35N6NaO3S.